The number of rotatable bonds is 7. The van der Waals surface area contributed by atoms with Crippen molar-refractivity contribution in [3.05, 3.63) is 30.1 Å². The fraction of sp³-hybridized carbons (Fsp3) is 0.286. The van der Waals surface area contributed by atoms with Crippen molar-refractivity contribution in [2.45, 2.75) is 5.16 Å². The molecule has 0 aliphatic carbocycles. The molecule has 0 unspecified atom stereocenters. The van der Waals surface area contributed by atoms with E-state index in [9.17, 15) is 4.79 Å². The van der Waals surface area contributed by atoms with Crippen LogP contribution in [0.1, 0.15) is 5.56 Å². The van der Waals surface area contributed by atoms with Crippen molar-refractivity contribution >= 4 is 23.9 Å². The first-order valence-electron chi connectivity index (χ1n) is 6.65. The van der Waals surface area contributed by atoms with Gasteiger partial charge in [-0.1, -0.05) is 17.8 Å². The SMILES string of the molecule is COc1cccc(/C=N\NC(=O)CSc2nncn2C)c1OC. The molecule has 2 aromatic rings. The van der Waals surface area contributed by atoms with Gasteiger partial charge in [-0.25, -0.2) is 5.43 Å². The zero-order valence-corrected chi connectivity index (χ0v) is 13.8. The predicted octanol–water partition coefficient (Wildman–Crippen LogP) is 1.07. The van der Waals surface area contributed by atoms with E-state index in [1.54, 1.807) is 31.2 Å². The van der Waals surface area contributed by atoms with Gasteiger partial charge in [0, 0.05) is 12.6 Å². The van der Waals surface area contributed by atoms with Gasteiger partial charge in [-0.2, -0.15) is 5.10 Å². The summed E-state index contributed by atoms with van der Waals surface area (Å²) in [4.78, 5) is 11.8. The molecule has 0 aliphatic heterocycles. The summed E-state index contributed by atoms with van der Waals surface area (Å²) in [7, 11) is 4.92. The molecule has 1 heterocycles. The van der Waals surface area contributed by atoms with Crippen LogP contribution in [-0.4, -0.2) is 46.9 Å². The number of methoxy groups -OCH3 is 2. The molecule has 1 amide bonds. The number of amides is 1. The van der Waals surface area contributed by atoms with Crippen LogP contribution in [0.4, 0.5) is 0 Å². The van der Waals surface area contributed by atoms with Gasteiger partial charge >= 0.3 is 0 Å². The number of thioether (sulfide) groups is 1. The van der Waals surface area contributed by atoms with E-state index in [0.717, 1.165) is 0 Å². The minimum absolute atomic E-state index is 0.194. The molecular formula is C14H17N5O3S. The van der Waals surface area contributed by atoms with E-state index in [4.69, 9.17) is 9.47 Å². The highest BCUT2D eigenvalue weighted by Crippen LogP contribution is 2.29. The van der Waals surface area contributed by atoms with Crippen LogP contribution in [0.2, 0.25) is 0 Å². The van der Waals surface area contributed by atoms with Gasteiger partial charge < -0.3 is 14.0 Å². The monoisotopic (exact) mass is 335 g/mol. The van der Waals surface area contributed by atoms with Crippen molar-refractivity contribution < 1.29 is 14.3 Å². The van der Waals surface area contributed by atoms with Crippen LogP contribution in [-0.2, 0) is 11.8 Å². The lowest BCUT2D eigenvalue weighted by Gasteiger charge is -2.09. The maximum absolute atomic E-state index is 11.8. The molecule has 2 rings (SSSR count). The Morgan fingerprint density at radius 1 is 1.43 bits per heavy atom. The average molecular weight is 335 g/mol. The van der Waals surface area contributed by atoms with Crippen LogP contribution in [0.15, 0.2) is 34.8 Å². The fourth-order valence-corrected chi connectivity index (χ4v) is 2.43. The Kier molecular flexibility index (Phi) is 5.98. The first kappa shape index (κ1) is 16.8. The molecule has 1 aromatic heterocycles. The summed E-state index contributed by atoms with van der Waals surface area (Å²) in [5.74, 6) is 1.11. The van der Waals surface area contributed by atoms with Gasteiger partial charge in [0.15, 0.2) is 16.7 Å². The van der Waals surface area contributed by atoms with E-state index in [-0.39, 0.29) is 11.7 Å². The second-order valence-electron chi connectivity index (χ2n) is 4.39. The minimum Gasteiger partial charge on any atom is -0.493 e. The van der Waals surface area contributed by atoms with Crippen molar-refractivity contribution in [3.8, 4) is 11.5 Å². The van der Waals surface area contributed by atoms with Crippen LogP contribution in [0.25, 0.3) is 0 Å². The molecule has 8 nitrogen and oxygen atoms in total. The Hall–Kier alpha value is -2.55. The van der Waals surface area contributed by atoms with E-state index in [0.29, 0.717) is 22.2 Å². The Labute approximate surface area is 137 Å². The second kappa shape index (κ2) is 8.18. The lowest BCUT2D eigenvalue weighted by Crippen LogP contribution is -2.20. The average Bonchev–Trinajstić information content (AvgIpc) is 2.97. The molecular weight excluding hydrogens is 318 g/mol. The highest BCUT2D eigenvalue weighted by molar-refractivity contribution is 7.99. The number of hydrazone groups is 1. The first-order valence-corrected chi connectivity index (χ1v) is 7.64. The zero-order valence-electron chi connectivity index (χ0n) is 13.0. The number of carbonyl (C=O) groups is 1. The summed E-state index contributed by atoms with van der Waals surface area (Å²) >= 11 is 1.28. The lowest BCUT2D eigenvalue weighted by molar-refractivity contribution is -0.118. The molecule has 0 spiro atoms. The first-order chi connectivity index (χ1) is 11.2. The Balaban J connectivity index is 1.91. The number of nitrogens with zero attached hydrogens (tertiary/aromatic N) is 4. The van der Waals surface area contributed by atoms with Crippen molar-refractivity contribution in [3.63, 3.8) is 0 Å². The van der Waals surface area contributed by atoms with E-state index in [1.165, 1.54) is 18.0 Å². The molecule has 0 aliphatic rings. The summed E-state index contributed by atoms with van der Waals surface area (Å²) in [6.07, 6.45) is 3.08. The maximum atomic E-state index is 11.8. The molecule has 0 atom stereocenters. The van der Waals surface area contributed by atoms with Gasteiger partial charge in [-0.15, -0.1) is 10.2 Å². The molecule has 1 aromatic carbocycles. The highest BCUT2D eigenvalue weighted by Gasteiger charge is 2.08. The Morgan fingerprint density at radius 3 is 2.91 bits per heavy atom. The van der Waals surface area contributed by atoms with Gasteiger partial charge in [0.1, 0.15) is 6.33 Å². The van der Waals surface area contributed by atoms with Crippen molar-refractivity contribution in [2.75, 3.05) is 20.0 Å². The normalized spacial score (nSPS) is 10.7. The molecule has 0 bridgehead atoms. The van der Waals surface area contributed by atoms with Crippen molar-refractivity contribution in [1.82, 2.24) is 20.2 Å². The number of ether oxygens (including phenoxy) is 2. The molecule has 0 fully saturated rings. The summed E-state index contributed by atoms with van der Waals surface area (Å²) in [6.45, 7) is 0. The number of hydrogen-bond donors (Lipinski definition) is 1. The standard InChI is InChI=1S/C14H17N5O3S/c1-19-9-16-18-14(19)23-8-12(20)17-15-7-10-5-4-6-11(21-2)13(10)22-3/h4-7,9H,8H2,1-3H3,(H,17,20)/b15-7-. The Morgan fingerprint density at radius 2 is 2.26 bits per heavy atom. The summed E-state index contributed by atoms with van der Waals surface area (Å²) < 4.78 is 12.2. The van der Waals surface area contributed by atoms with Crippen LogP contribution < -0.4 is 14.9 Å². The molecule has 23 heavy (non-hydrogen) atoms. The van der Waals surface area contributed by atoms with Gasteiger partial charge in [-0.3, -0.25) is 4.79 Å². The summed E-state index contributed by atoms with van der Waals surface area (Å²) in [5, 5.41) is 12.2. The topological polar surface area (TPSA) is 90.6 Å². The smallest absolute Gasteiger partial charge is 0.250 e. The maximum Gasteiger partial charge on any atom is 0.250 e. The molecule has 1 N–H and O–H groups in total. The van der Waals surface area contributed by atoms with E-state index >= 15 is 0 Å². The van der Waals surface area contributed by atoms with Gasteiger partial charge in [-0.05, 0) is 12.1 Å². The van der Waals surface area contributed by atoms with Crippen LogP contribution in [0, 0.1) is 0 Å². The molecule has 0 radical (unpaired) electrons. The number of benzene rings is 1. The van der Waals surface area contributed by atoms with E-state index in [2.05, 4.69) is 20.7 Å². The van der Waals surface area contributed by atoms with Crippen molar-refractivity contribution in [2.24, 2.45) is 12.1 Å². The molecule has 9 heteroatoms. The van der Waals surface area contributed by atoms with Gasteiger partial charge in [0.25, 0.3) is 5.91 Å². The third kappa shape index (κ3) is 4.46. The number of para-hydroxylation sites is 1. The Bertz CT molecular complexity index is 701. The van der Waals surface area contributed by atoms with Crippen LogP contribution in [0.3, 0.4) is 0 Å². The summed E-state index contributed by atoms with van der Waals surface area (Å²) in [6, 6.07) is 5.41. The highest BCUT2D eigenvalue weighted by atomic mass is 32.2. The second-order valence-corrected chi connectivity index (χ2v) is 5.33. The van der Waals surface area contributed by atoms with Crippen LogP contribution in [0.5, 0.6) is 11.5 Å². The quantitative estimate of drug-likeness (QED) is 0.462. The fourth-order valence-electron chi connectivity index (χ4n) is 1.75. The number of carbonyl (C=O) groups excluding carboxylic acids is 1. The third-order valence-electron chi connectivity index (χ3n) is 2.83. The largest absolute Gasteiger partial charge is 0.493 e. The zero-order chi connectivity index (χ0) is 16.7. The number of aromatic nitrogens is 3. The third-order valence-corrected chi connectivity index (χ3v) is 3.86. The van der Waals surface area contributed by atoms with E-state index < -0.39 is 0 Å². The molecule has 0 saturated carbocycles. The summed E-state index contributed by atoms with van der Waals surface area (Å²) in [5.41, 5.74) is 3.16. The van der Waals surface area contributed by atoms with E-state index in [1.807, 2.05) is 19.2 Å². The number of nitrogens with one attached hydrogen (secondary N) is 1. The molecule has 0 saturated heterocycles. The number of aryl methyl sites for hydroxylation is 1. The van der Waals surface area contributed by atoms with Gasteiger partial charge in [0.05, 0.1) is 26.2 Å². The van der Waals surface area contributed by atoms with Crippen LogP contribution >= 0.6 is 11.8 Å². The lowest BCUT2D eigenvalue weighted by atomic mass is 10.2. The van der Waals surface area contributed by atoms with Crippen molar-refractivity contribution in [1.29, 1.82) is 0 Å². The molecule has 122 valence electrons. The predicted molar refractivity (Wildman–Crippen MR) is 87.0 cm³/mol. The minimum atomic E-state index is -0.240. The number of hydrogen-bond acceptors (Lipinski definition) is 7. The van der Waals surface area contributed by atoms with Gasteiger partial charge in [0.2, 0.25) is 0 Å².